The van der Waals surface area contributed by atoms with Crippen molar-refractivity contribution >= 4 is 28.9 Å². The van der Waals surface area contributed by atoms with Crippen molar-refractivity contribution in [2.24, 2.45) is 10.9 Å². The summed E-state index contributed by atoms with van der Waals surface area (Å²) >= 11 is 6.46. The van der Waals surface area contributed by atoms with Crippen molar-refractivity contribution in [1.29, 1.82) is 0 Å². The lowest BCUT2D eigenvalue weighted by Gasteiger charge is -2.21. The maximum Gasteiger partial charge on any atom is 0.232 e. The first kappa shape index (κ1) is 22.7. The molecule has 1 fully saturated rings. The van der Waals surface area contributed by atoms with Gasteiger partial charge in [0, 0.05) is 6.54 Å². The van der Waals surface area contributed by atoms with E-state index in [2.05, 4.69) is 10.1 Å². The second-order valence-corrected chi connectivity index (χ2v) is 9.70. The molecule has 3 heterocycles. The molecule has 1 amide bonds. The lowest BCUT2D eigenvalue weighted by atomic mass is 9.93. The van der Waals surface area contributed by atoms with Crippen LogP contribution in [0, 0.1) is 11.7 Å². The van der Waals surface area contributed by atoms with Gasteiger partial charge in [0.15, 0.2) is 0 Å². The third-order valence-corrected chi connectivity index (χ3v) is 6.65. The van der Waals surface area contributed by atoms with Gasteiger partial charge in [-0.3, -0.25) is 9.79 Å². The van der Waals surface area contributed by atoms with Gasteiger partial charge in [0.2, 0.25) is 5.91 Å². The Bertz CT molecular complexity index is 1110. The highest BCUT2D eigenvalue weighted by atomic mass is 35.5. The van der Waals surface area contributed by atoms with Crippen LogP contribution in [0.25, 0.3) is 5.69 Å². The zero-order valence-electron chi connectivity index (χ0n) is 18.9. The highest BCUT2D eigenvalue weighted by molar-refractivity contribution is 6.45. The Hall–Kier alpha value is -2.51. The van der Waals surface area contributed by atoms with Gasteiger partial charge in [0.1, 0.15) is 11.4 Å². The van der Waals surface area contributed by atoms with E-state index in [9.17, 15) is 14.3 Å². The number of hydrogen-bond donors (Lipinski definition) is 1. The van der Waals surface area contributed by atoms with E-state index in [1.807, 2.05) is 20.8 Å². The van der Waals surface area contributed by atoms with Gasteiger partial charge < -0.3 is 10.0 Å². The molecule has 0 saturated carbocycles. The largest absolute Gasteiger partial charge is 0.384 e. The highest BCUT2D eigenvalue weighted by Crippen LogP contribution is 2.40. The summed E-state index contributed by atoms with van der Waals surface area (Å²) in [6.45, 7) is 9.80. The molecule has 2 atom stereocenters. The van der Waals surface area contributed by atoms with Crippen LogP contribution in [-0.2, 0) is 4.79 Å². The Labute approximate surface area is 192 Å². The van der Waals surface area contributed by atoms with Crippen LogP contribution in [0.5, 0.6) is 0 Å². The Balaban J connectivity index is 1.67. The molecule has 1 N–H and O–H groups in total. The molecule has 2 aliphatic heterocycles. The molecule has 1 aromatic carbocycles. The predicted octanol–water partition coefficient (Wildman–Crippen LogP) is 4.59. The second-order valence-electron chi connectivity index (χ2n) is 9.32. The van der Waals surface area contributed by atoms with Gasteiger partial charge >= 0.3 is 0 Å². The van der Waals surface area contributed by atoms with E-state index in [-0.39, 0.29) is 29.6 Å². The third-order valence-electron chi connectivity index (χ3n) is 6.17. The Morgan fingerprint density at radius 3 is 2.47 bits per heavy atom. The number of aromatic nitrogens is 2. The molecule has 6 nitrogen and oxygen atoms in total. The summed E-state index contributed by atoms with van der Waals surface area (Å²) in [4.78, 5) is 19.9. The van der Waals surface area contributed by atoms with Crippen LogP contribution >= 0.6 is 11.6 Å². The van der Waals surface area contributed by atoms with Crippen LogP contribution < -0.4 is 4.90 Å². The summed E-state index contributed by atoms with van der Waals surface area (Å²) in [7, 11) is 0. The molecule has 2 unspecified atom stereocenters. The molecule has 1 saturated heterocycles. The van der Waals surface area contributed by atoms with Crippen molar-refractivity contribution in [3.05, 3.63) is 52.6 Å². The predicted molar refractivity (Wildman–Crippen MR) is 124 cm³/mol. The van der Waals surface area contributed by atoms with Crippen molar-refractivity contribution < 1.29 is 14.3 Å². The van der Waals surface area contributed by atoms with Gasteiger partial charge in [0.25, 0.3) is 0 Å². The number of aliphatic hydroxyl groups is 1. The summed E-state index contributed by atoms with van der Waals surface area (Å²) < 4.78 is 15.2. The molecule has 4 rings (SSSR count). The second kappa shape index (κ2) is 8.12. The smallest absolute Gasteiger partial charge is 0.232 e. The standard InChI is InChI=1S/C24H28ClFN4O2/c1-13(2)21-18(12-27-30(21)16-8-6-15(26)7-9-16)29-11-10-17(23(29)31)20-14(3)19(25)22(28-20)24(4,5)32/h6-9,12-13,17,20,32H,10-11H2,1-5H3. The quantitative estimate of drug-likeness (QED) is 0.712. The Morgan fingerprint density at radius 1 is 1.25 bits per heavy atom. The SMILES string of the molecule is CC1=C(Cl)C(C(C)(C)O)=NC1C1CCN(c2cnn(-c3ccc(F)cc3)c2C(C)C)C1=O. The Morgan fingerprint density at radius 2 is 1.91 bits per heavy atom. The van der Waals surface area contributed by atoms with Crippen molar-refractivity contribution in [2.45, 2.75) is 58.6 Å². The number of aliphatic imine (C=N–C) groups is 1. The number of benzene rings is 1. The monoisotopic (exact) mass is 458 g/mol. The molecule has 2 aromatic rings. The summed E-state index contributed by atoms with van der Waals surface area (Å²) in [5.41, 5.74) is 2.47. The first-order valence-electron chi connectivity index (χ1n) is 10.8. The molecule has 0 bridgehead atoms. The maximum absolute atomic E-state index is 13.5. The summed E-state index contributed by atoms with van der Waals surface area (Å²) in [5.74, 6) is -0.598. The molecular weight excluding hydrogens is 431 g/mol. The molecule has 32 heavy (non-hydrogen) atoms. The topological polar surface area (TPSA) is 70.7 Å². The molecule has 8 heteroatoms. The fourth-order valence-electron chi connectivity index (χ4n) is 4.55. The summed E-state index contributed by atoms with van der Waals surface area (Å²) in [5, 5.41) is 15.4. The normalized spacial score (nSPS) is 21.8. The first-order chi connectivity index (χ1) is 15.0. The van der Waals surface area contributed by atoms with Crippen LogP contribution in [0.2, 0.25) is 0 Å². The van der Waals surface area contributed by atoms with Gasteiger partial charge in [-0.25, -0.2) is 9.07 Å². The molecule has 2 aliphatic rings. The van der Waals surface area contributed by atoms with Crippen LogP contribution in [-0.4, -0.2) is 44.7 Å². The van der Waals surface area contributed by atoms with Gasteiger partial charge in [-0.1, -0.05) is 25.4 Å². The lowest BCUT2D eigenvalue weighted by molar-refractivity contribution is -0.120. The zero-order valence-corrected chi connectivity index (χ0v) is 19.7. The van der Waals surface area contributed by atoms with Crippen LogP contribution in [0.3, 0.4) is 0 Å². The highest BCUT2D eigenvalue weighted by Gasteiger charge is 2.44. The van der Waals surface area contributed by atoms with E-state index in [0.29, 0.717) is 23.7 Å². The maximum atomic E-state index is 13.5. The van der Waals surface area contributed by atoms with Crippen LogP contribution in [0.4, 0.5) is 10.1 Å². The molecule has 0 spiro atoms. The minimum atomic E-state index is -1.17. The Kier molecular flexibility index (Phi) is 5.75. The van der Waals surface area contributed by atoms with Crippen molar-refractivity contribution in [2.75, 3.05) is 11.4 Å². The van der Waals surface area contributed by atoms with E-state index >= 15 is 0 Å². The van der Waals surface area contributed by atoms with E-state index in [4.69, 9.17) is 11.6 Å². The molecule has 170 valence electrons. The summed E-state index contributed by atoms with van der Waals surface area (Å²) in [6.07, 6.45) is 2.34. The molecular formula is C24H28ClFN4O2. The van der Waals surface area contributed by atoms with Gasteiger partial charge in [-0.15, -0.1) is 0 Å². The number of halogens is 2. The number of hydrogen-bond acceptors (Lipinski definition) is 4. The molecule has 0 radical (unpaired) electrons. The summed E-state index contributed by atoms with van der Waals surface area (Å²) in [6, 6.07) is 5.77. The number of amides is 1. The number of rotatable bonds is 5. The van der Waals surface area contributed by atoms with Crippen LogP contribution in [0.1, 0.15) is 52.7 Å². The number of nitrogens with zero attached hydrogens (tertiary/aromatic N) is 4. The first-order valence-corrected chi connectivity index (χ1v) is 11.2. The minimum Gasteiger partial charge on any atom is -0.384 e. The van der Waals surface area contributed by atoms with E-state index < -0.39 is 5.60 Å². The average Bonchev–Trinajstić information content (AvgIpc) is 3.38. The van der Waals surface area contributed by atoms with E-state index in [0.717, 1.165) is 22.6 Å². The van der Waals surface area contributed by atoms with E-state index in [1.165, 1.54) is 12.1 Å². The lowest BCUT2D eigenvalue weighted by Crippen LogP contribution is -2.33. The zero-order chi connectivity index (χ0) is 23.4. The average molecular weight is 459 g/mol. The number of anilines is 1. The third kappa shape index (κ3) is 3.77. The van der Waals surface area contributed by atoms with Gasteiger partial charge in [-0.05, 0) is 62.9 Å². The van der Waals surface area contributed by atoms with Crippen LogP contribution in [0.15, 0.2) is 46.1 Å². The van der Waals surface area contributed by atoms with E-state index in [1.54, 1.807) is 41.8 Å². The van der Waals surface area contributed by atoms with Crippen molar-refractivity contribution in [3.63, 3.8) is 0 Å². The fraction of sp³-hybridized carbons (Fsp3) is 0.458. The van der Waals surface area contributed by atoms with Crippen molar-refractivity contribution in [3.8, 4) is 5.69 Å². The molecule has 0 aliphatic carbocycles. The number of carbonyl (C=O) groups excluding carboxylic acids is 1. The minimum absolute atomic E-state index is 0.0277. The number of carbonyl (C=O) groups is 1. The van der Waals surface area contributed by atoms with Gasteiger partial charge in [-0.2, -0.15) is 5.10 Å². The fourth-order valence-corrected chi connectivity index (χ4v) is 4.94. The van der Waals surface area contributed by atoms with Gasteiger partial charge in [0.05, 0.1) is 46.0 Å². The van der Waals surface area contributed by atoms with Crippen molar-refractivity contribution in [1.82, 2.24) is 9.78 Å². The molecule has 1 aromatic heterocycles.